The van der Waals surface area contributed by atoms with Crippen LogP contribution < -0.4 is 15.4 Å². The van der Waals surface area contributed by atoms with E-state index in [2.05, 4.69) is 0 Å². The van der Waals surface area contributed by atoms with Crippen molar-refractivity contribution < 1.29 is 9.53 Å². The maximum atomic E-state index is 12.1. The lowest BCUT2D eigenvalue weighted by Gasteiger charge is -2.18. The molecule has 2 rings (SSSR count). The number of amides is 1. The van der Waals surface area contributed by atoms with Gasteiger partial charge in [-0.3, -0.25) is 4.79 Å². The van der Waals surface area contributed by atoms with Crippen LogP contribution in [0.25, 0.3) is 0 Å². The number of anilines is 2. The van der Waals surface area contributed by atoms with Gasteiger partial charge in [-0.2, -0.15) is 0 Å². The van der Waals surface area contributed by atoms with E-state index in [1.165, 1.54) is 0 Å². The van der Waals surface area contributed by atoms with Crippen molar-refractivity contribution in [1.82, 2.24) is 0 Å². The minimum absolute atomic E-state index is 0.00382. The van der Waals surface area contributed by atoms with Gasteiger partial charge in [0.2, 0.25) is 0 Å². The minimum atomic E-state index is -0.104. The lowest BCUT2D eigenvalue weighted by molar-refractivity contribution is -0.120. The number of nitrogen functional groups attached to an aromatic ring is 1. The molecule has 0 radical (unpaired) electrons. The Morgan fingerprint density at radius 3 is 2.55 bits per heavy atom. The number of rotatable bonds is 4. The molecule has 20 heavy (non-hydrogen) atoms. The Morgan fingerprint density at radius 1 is 1.20 bits per heavy atom. The highest BCUT2D eigenvalue weighted by molar-refractivity contribution is 5.93. The number of benzene rings is 2. The predicted molar refractivity (Wildman–Crippen MR) is 80.9 cm³/mol. The highest BCUT2D eigenvalue weighted by Gasteiger charge is 2.11. The van der Waals surface area contributed by atoms with E-state index in [1.54, 1.807) is 24.1 Å². The quantitative estimate of drug-likeness (QED) is 0.869. The highest BCUT2D eigenvalue weighted by Crippen LogP contribution is 2.20. The molecule has 0 saturated heterocycles. The van der Waals surface area contributed by atoms with Gasteiger partial charge in [0.15, 0.2) is 6.61 Å². The molecular weight excluding hydrogens is 252 g/mol. The van der Waals surface area contributed by atoms with E-state index < -0.39 is 0 Å². The molecule has 0 bridgehead atoms. The van der Waals surface area contributed by atoms with E-state index in [9.17, 15) is 4.79 Å². The van der Waals surface area contributed by atoms with Gasteiger partial charge < -0.3 is 15.4 Å². The number of aryl methyl sites for hydroxylation is 1. The normalized spacial score (nSPS) is 10.1. The van der Waals surface area contributed by atoms with Crippen LogP contribution in [0.3, 0.4) is 0 Å². The molecule has 2 aromatic carbocycles. The van der Waals surface area contributed by atoms with E-state index in [1.807, 2.05) is 43.3 Å². The Balaban J connectivity index is 1.98. The van der Waals surface area contributed by atoms with Crippen LogP contribution in [0.15, 0.2) is 48.5 Å². The molecule has 0 saturated carbocycles. The molecule has 0 aromatic heterocycles. The van der Waals surface area contributed by atoms with Crippen molar-refractivity contribution in [3.63, 3.8) is 0 Å². The summed E-state index contributed by atoms with van der Waals surface area (Å²) in [5.74, 6) is 0.571. The third-order valence-electron chi connectivity index (χ3n) is 3.07. The first-order valence-electron chi connectivity index (χ1n) is 6.38. The molecule has 0 atom stereocenters. The summed E-state index contributed by atoms with van der Waals surface area (Å²) in [6.45, 7) is 1.90. The lowest BCUT2D eigenvalue weighted by atomic mass is 10.2. The fraction of sp³-hybridized carbons (Fsp3) is 0.188. The maximum Gasteiger partial charge on any atom is 0.264 e. The summed E-state index contributed by atoms with van der Waals surface area (Å²) in [6, 6.07) is 14.8. The van der Waals surface area contributed by atoms with Crippen molar-refractivity contribution in [2.45, 2.75) is 6.92 Å². The zero-order valence-corrected chi connectivity index (χ0v) is 11.7. The van der Waals surface area contributed by atoms with Crippen LogP contribution in [-0.4, -0.2) is 19.6 Å². The zero-order chi connectivity index (χ0) is 14.5. The Bertz CT molecular complexity index is 597. The molecule has 0 unspecified atom stereocenters. The monoisotopic (exact) mass is 270 g/mol. The van der Waals surface area contributed by atoms with Gasteiger partial charge in [-0.05, 0) is 42.8 Å². The Hall–Kier alpha value is -2.49. The van der Waals surface area contributed by atoms with Crippen molar-refractivity contribution in [3.05, 3.63) is 54.1 Å². The number of likely N-dealkylation sites (N-methyl/N-ethyl adjacent to an activating group) is 1. The van der Waals surface area contributed by atoms with E-state index in [0.717, 1.165) is 11.3 Å². The summed E-state index contributed by atoms with van der Waals surface area (Å²) >= 11 is 0. The zero-order valence-electron chi connectivity index (χ0n) is 11.7. The Morgan fingerprint density at radius 2 is 1.90 bits per heavy atom. The molecule has 2 aromatic rings. The topological polar surface area (TPSA) is 55.6 Å². The second-order valence-corrected chi connectivity index (χ2v) is 4.60. The van der Waals surface area contributed by atoms with Crippen molar-refractivity contribution in [2.75, 3.05) is 24.3 Å². The Kier molecular flexibility index (Phi) is 4.25. The minimum Gasteiger partial charge on any atom is -0.483 e. The number of nitrogens with two attached hydrogens (primary N) is 1. The predicted octanol–water partition coefficient (Wildman–Crippen LogP) is 2.62. The van der Waals surface area contributed by atoms with Gasteiger partial charge in [0, 0.05) is 18.4 Å². The van der Waals surface area contributed by atoms with Gasteiger partial charge in [0.05, 0.1) is 0 Å². The van der Waals surface area contributed by atoms with E-state index >= 15 is 0 Å². The van der Waals surface area contributed by atoms with Crippen LogP contribution in [0, 0.1) is 6.92 Å². The number of ether oxygens (including phenoxy) is 1. The SMILES string of the molecule is Cc1cc(N)ccc1OCC(=O)N(C)c1ccccc1. The fourth-order valence-corrected chi connectivity index (χ4v) is 1.87. The molecule has 0 heterocycles. The summed E-state index contributed by atoms with van der Waals surface area (Å²) in [5, 5.41) is 0. The van der Waals surface area contributed by atoms with Gasteiger partial charge in [0.1, 0.15) is 5.75 Å². The van der Waals surface area contributed by atoms with Crippen LogP contribution in [-0.2, 0) is 4.79 Å². The molecule has 0 aliphatic heterocycles. The van der Waals surface area contributed by atoms with Crippen LogP contribution in [0.2, 0.25) is 0 Å². The lowest BCUT2D eigenvalue weighted by Crippen LogP contribution is -2.31. The summed E-state index contributed by atoms with van der Waals surface area (Å²) in [4.78, 5) is 13.6. The van der Waals surface area contributed by atoms with Gasteiger partial charge in [0.25, 0.3) is 5.91 Å². The van der Waals surface area contributed by atoms with Crippen molar-refractivity contribution in [1.29, 1.82) is 0 Å². The van der Waals surface area contributed by atoms with Gasteiger partial charge >= 0.3 is 0 Å². The average Bonchev–Trinajstić information content (AvgIpc) is 2.46. The third kappa shape index (κ3) is 3.29. The van der Waals surface area contributed by atoms with Gasteiger partial charge in [-0.1, -0.05) is 18.2 Å². The van der Waals surface area contributed by atoms with Crippen molar-refractivity contribution in [2.24, 2.45) is 0 Å². The second-order valence-electron chi connectivity index (χ2n) is 4.60. The second kappa shape index (κ2) is 6.10. The first-order valence-corrected chi connectivity index (χ1v) is 6.38. The molecule has 2 N–H and O–H groups in total. The van der Waals surface area contributed by atoms with Crippen LogP contribution in [0.1, 0.15) is 5.56 Å². The van der Waals surface area contributed by atoms with Crippen molar-refractivity contribution >= 4 is 17.3 Å². The molecule has 4 nitrogen and oxygen atoms in total. The van der Waals surface area contributed by atoms with E-state index in [-0.39, 0.29) is 12.5 Å². The van der Waals surface area contributed by atoms with Crippen molar-refractivity contribution in [3.8, 4) is 5.75 Å². The molecule has 4 heteroatoms. The first-order chi connectivity index (χ1) is 9.58. The van der Waals surface area contributed by atoms with E-state index in [4.69, 9.17) is 10.5 Å². The number of nitrogens with zero attached hydrogens (tertiary/aromatic N) is 1. The standard InChI is InChI=1S/C16H18N2O2/c1-12-10-13(17)8-9-15(12)20-11-16(19)18(2)14-6-4-3-5-7-14/h3-10H,11,17H2,1-2H3. The molecule has 1 amide bonds. The molecule has 0 aliphatic rings. The fourth-order valence-electron chi connectivity index (χ4n) is 1.87. The molecule has 0 spiro atoms. The van der Waals surface area contributed by atoms with Crippen LogP contribution in [0.5, 0.6) is 5.75 Å². The third-order valence-corrected chi connectivity index (χ3v) is 3.07. The first kappa shape index (κ1) is 13.9. The summed E-state index contributed by atoms with van der Waals surface area (Å²) in [6.07, 6.45) is 0. The number of carbonyl (C=O) groups excluding carboxylic acids is 1. The maximum absolute atomic E-state index is 12.1. The van der Waals surface area contributed by atoms with Gasteiger partial charge in [-0.15, -0.1) is 0 Å². The molecule has 0 aliphatic carbocycles. The number of carbonyl (C=O) groups is 1. The average molecular weight is 270 g/mol. The van der Waals surface area contributed by atoms with Gasteiger partial charge in [-0.25, -0.2) is 0 Å². The largest absolute Gasteiger partial charge is 0.483 e. The summed E-state index contributed by atoms with van der Waals surface area (Å²) < 4.78 is 5.55. The molecular formula is C16H18N2O2. The summed E-state index contributed by atoms with van der Waals surface area (Å²) in [5.41, 5.74) is 8.12. The number of para-hydroxylation sites is 1. The molecule has 104 valence electrons. The summed E-state index contributed by atoms with van der Waals surface area (Å²) in [7, 11) is 1.73. The van der Waals surface area contributed by atoms with Crippen LogP contribution in [0.4, 0.5) is 11.4 Å². The number of hydrogen-bond donors (Lipinski definition) is 1. The smallest absolute Gasteiger partial charge is 0.264 e. The van der Waals surface area contributed by atoms with Crippen LogP contribution >= 0.6 is 0 Å². The Labute approximate surface area is 118 Å². The molecule has 0 fully saturated rings. The number of hydrogen-bond acceptors (Lipinski definition) is 3. The highest BCUT2D eigenvalue weighted by atomic mass is 16.5. The van der Waals surface area contributed by atoms with E-state index in [0.29, 0.717) is 11.4 Å².